The second-order valence-electron chi connectivity index (χ2n) is 10.9. The van der Waals surface area contributed by atoms with Crippen molar-refractivity contribution in [2.24, 2.45) is 5.92 Å². The van der Waals surface area contributed by atoms with Crippen molar-refractivity contribution in [1.82, 2.24) is 0 Å². The molecule has 0 bridgehead atoms. The Bertz CT molecular complexity index is 1880. The highest BCUT2D eigenvalue weighted by atomic mass is 16.5. The van der Waals surface area contributed by atoms with E-state index in [0.29, 0.717) is 0 Å². The molecule has 0 aliphatic heterocycles. The summed E-state index contributed by atoms with van der Waals surface area (Å²) in [6, 6.07) is 7.82. The van der Waals surface area contributed by atoms with Gasteiger partial charge >= 0.3 is 5.97 Å². The maximum atomic E-state index is 13.6. The van der Waals surface area contributed by atoms with Crippen molar-refractivity contribution in [3.05, 3.63) is 58.4 Å². The predicted molar refractivity (Wildman–Crippen MR) is 166 cm³/mol. The molecule has 6 N–H and O–H groups in total. The fourth-order valence-electron chi connectivity index (χ4n) is 5.61. The molecule has 256 valence electrons. The minimum atomic E-state index is -1.71. The molecule has 1 heterocycles. The zero-order valence-electron chi connectivity index (χ0n) is 26.2. The molecule has 0 unspecified atom stereocenters. The quantitative estimate of drug-likeness (QED) is 0.133. The molecule has 15 heteroatoms. The summed E-state index contributed by atoms with van der Waals surface area (Å²) in [5.74, 6) is -3.04. The van der Waals surface area contributed by atoms with Crippen molar-refractivity contribution in [2.45, 2.75) is 30.8 Å². The predicted octanol–water partition coefficient (Wildman–Crippen LogP) is 2.32. The number of phenols is 3. The van der Waals surface area contributed by atoms with Crippen LogP contribution in [0.3, 0.4) is 0 Å². The Morgan fingerprint density at radius 2 is 1.52 bits per heavy atom. The number of aliphatic hydroxyl groups is 3. The maximum Gasteiger partial charge on any atom is 0.338 e. The first-order valence-electron chi connectivity index (χ1n) is 14.5. The minimum absolute atomic E-state index is 0.0345. The molecule has 5 atom stereocenters. The van der Waals surface area contributed by atoms with Gasteiger partial charge in [0, 0.05) is 12.0 Å². The third-order valence-corrected chi connectivity index (χ3v) is 8.16. The summed E-state index contributed by atoms with van der Waals surface area (Å²) in [5.41, 5.74) is -0.578. The molecular weight excluding hydrogens is 636 g/mol. The lowest BCUT2D eigenvalue weighted by atomic mass is 9.81. The molecule has 5 rings (SSSR count). The summed E-state index contributed by atoms with van der Waals surface area (Å²) in [6.45, 7) is -0.379. The van der Waals surface area contributed by atoms with Crippen LogP contribution >= 0.6 is 0 Å². The van der Waals surface area contributed by atoms with Crippen molar-refractivity contribution < 1.29 is 68.3 Å². The number of ether oxygens (including phenoxy) is 6. The van der Waals surface area contributed by atoms with E-state index in [-0.39, 0.29) is 80.9 Å². The first kappa shape index (κ1) is 34.0. The number of phenolic OH excluding ortho intramolecular Hbond substituents is 3. The molecule has 3 aromatic carbocycles. The zero-order valence-corrected chi connectivity index (χ0v) is 26.2. The van der Waals surface area contributed by atoms with Gasteiger partial charge in [-0.1, -0.05) is 0 Å². The standard InChI is InChI=1S/C33H34O15/c1-42-20-8-14(5-6-18(20)34)33(41)47-12-16-10-22(28(38)30(40)26(16)36)48-24-11-21-25(29(39)32(24)45-4)27(37)17(13-46-21)15-7-19(35)31(44-3)23(9-15)43-2/h5-9,11,13,16,22,26,28,30,34-36,38-40H,10,12H2,1-4H3/t16-,22-,26-,28+,30+/m1/s1. The fourth-order valence-corrected chi connectivity index (χ4v) is 5.61. The summed E-state index contributed by atoms with van der Waals surface area (Å²) in [6.07, 6.45) is -5.06. The number of carbonyl (C=O) groups excluding carboxylic acids is 1. The van der Waals surface area contributed by atoms with Gasteiger partial charge in [-0.15, -0.1) is 0 Å². The first-order valence-corrected chi connectivity index (χ1v) is 14.5. The lowest BCUT2D eigenvalue weighted by Crippen LogP contribution is -2.56. The van der Waals surface area contributed by atoms with E-state index in [0.717, 1.165) is 6.26 Å². The molecule has 0 spiro atoms. The molecule has 0 radical (unpaired) electrons. The number of benzene rings is 3. The Morgan fingerprint density at radius 1 is 0.812 bits per heavy atom. The van der Waals surface area contributed by atoms with Gasteiger partial charge < -0.3 is 63.5 Å². The number of fused-ring (bicyclic) bond motifs is 1. The van der Waals surface area contributed by atoms with Crippen molar-refractivity contribution in [3.8, 4) is 57.1 Å². The van der Waals surface area contributed by atoms with Crippen molar-refractivity contribution in [3.63, 3.8) is 0 Å². The molecule has 1 aliphatic rings. The number of rotatable bonds is 10. The lowest BCUT2D eigenvalue weighted by molar-refractivity contribution is -0.157. The normalized spacial score (nSPS) is 20.6. The second kappa shape index (κ2) is 13.8. The van der Waals surface area contributed by atoms with Gasteiger partial charge in [0.25, 0.3) is 0 Å². The Kier molecular flexibility index (Phi) is 9.74. The van der Waals surface area contributed by atoms with E-state index < -0.39 is 47.5 Å². The molecule has 1 aliphatic carbocycles. The highest BCUT2D eigenvalue weighted by Gasteiger charge is 2.45. The smallest absolute Gasteiger partial charge is 0.338 e. The van der Waals surface area contributed by atoms with Gasteiger partial charge in [0.05, 0.1) is 52.3 Å². The van der Waals surface area contributed by atoms with Crippen LogP contribution in [-0.4, -0.2) is 96.1 Å². The first-order chi connectivity index (χ1) is 22.9. The van der Waals surface area contributed by atoms with Crippen LogP contribution in [0.4, 0.5) is 0 Å². The molecule has 48 heavy (non-hydrogen) atoms. The Hall–Kier alpha value is -5.38. The van der Waals surface area contributed by atoms with Crippen LogP contribution in [0.1, 0.15) is 16.8 Å². The number of esters is 1. The van der Waals surface area contributed by atoms with E-state index in [2.05, 4.69) is 0 Å². The van der Waals surface area contributed by atoms with Gasteiger partial charge in [0.2, 0.25) is 16.9 Å². The van der Waals surface area contributed by atoms with Crippen LogP contribution in [0.15, 0.2) is 51.9 Å². The summed E-state index contributed by atoms with van der Waals surface area (Å²) >= 11 is 0. The molecule has 1 saturated carbocycles. The molecule has 1 aromatic heterocycles. The van der Waals surface area contributed by atoms with Gasteiger partial charge in [-0.2, -0.15) is 0 Å². The van der Waals surface area contributed by atoms with Gasteiger partial charge in [0.1, 0.15) is 35.5 Å². The van der Waals surface area contributed by atoms with Crippen LogP contribution in [0, 0.1) is 5.92 Å². The van der Waals surface area contributed by atoms with Gasteiger partial charge in [0.15, 0.2) is 34.5 Å². The van der Waals surface area contributed by atoms with Gasteiger partial charge in [-0.05, 0) is 42.3 Å². The van der Waals surface area contributed by atoms with Gasteiger partial charge in [-0.25, -0.2) is 4.79 Å². The number of hydrogen-bond donors (Lipinski definition) is 6. The van der Waals surface area contributed by atoms with Crippen LogP contribution in [0.25, 0.3) is 22.1 Å². The zero-order chi connectivity index (χ0) is 34.9. The fraction of sp³-hybridized carbons (Fsp3) is 0.333. The summed E-state index contributed by atoms with van der Waals surface area (Å²) in [4.78, 5) is 26.3. The summed E-state index contributed by atoms with van der Waals surface area (Å²) < 4.78 is 37.8. The molecule has 0 saturated heterocycles. The molecule has 1 fully saturated rings. The van der Waals surface area contributed by atoms with E-state index in [1.807, 2.05) is 0 Å². The molecule has 4 aromatic rings. The van der Waals surface area contributed by atoms with Crippen molar-refractivity contribution in [2.75, 3.05) is 35.0 Å². The second-order valence-corrected chi connectivity index (χ2v) is 10.9. The Labute approximate surface area is 272 Å². The maximum absolute atomic E-state index is 13.6. The van der Waals surface area contributed by atoms with Gasteiger partial charge in [-0.3, -0.25) is 4.79 Å². The van der Waals surface area contributed by atoms with Crippen LogP contribution in [0.2, 0.25) is 0 Å². The van der Waals surface area contributed by atoms with Crippen LogP contribution in [-0.2, 0) is 4.74 Å². The summed E-state index contributed by atoms with van der Waals surface area (Å²) in [7, 11) is 5.22. The van der Waals surface area contributed by atoms with Crippen LogP contribution in [0.5, 0.6) is 46.0 Å². The third kappa shape index (κ3) is 6.17. The number of carbonyl (C=O) groups is 1. The van der Waals surface area contributed by atoms with Crippen molar-refractivity contribution >= 4 is 16.9 Å². The molecular formula is C33H34O15. The van der Waals surface area contributed by atoms with Crippen LogP contribution < -0.4 is 29.1 Å². The largest absolute Gasteiger partial charge is 0.504 e. The summed E-state index contributed by atoms with van der Waals surface area (Å²) in [5, 5.41) is 63.1. The SMILES string of the molecule is COc1cc(C(=O)OC[C@H]2C[C@@H](Oc3cc4occ(-c5cc(O)c(OC)c(OC)c5)c(=O)c4c(O)c3OC)[C@H](O)[C@@H](O)[C@@H]2O)ccc1O. The molecule has 0 amide bonds. The average molecular weight is 671 g/mol. The topological polar surface area (TPSA) is 224 Å². The third-order valence-electron chi connectivity index (χ3n) is 8.16. The number of hydrogen-bond acceptors (Lipinski definition) is 15. The van der Waals surface area contributed by atoms with E-state index >= 15 is 0 Å². The highest BCUT2D eigenvalue weighted by molar-refractivity contribution is 5.92. The van der Waals surface area contributed by atoms with Crippen molar-refractivity contribution in [1.29, 1.82) is 0 Å². The Morgan fingerprint density at radius 3 is 2.19 bits per heavy atom. The van der Waals surface area contributed by atoms with E-state index in [1.54, 1.807) is 0 Å². The van der Waals surface area contributed by atoms with E-state index in [4.69, 9.17) is 32.8 Å². The highest BCUT2D eigenvalue weighted by Crippen LogP contribution is 2.45. The number of aromatic hydroxyl groups is 3. The number of methoxy groups -OCH3 is 4. The Balaban J connectivity index is 1.42. The monoisotopic (exact) mass is 670 g/mol. The van der Waals surface area contributed by atoms with E-state index in [1.165, 1.54) is 64.8 Å². The lowest BCUT2D eigenvalue weighted by Gasteiger charge is -2.40. The molecule has 15 nitrogen and oxygen atoms in total. The average Bonchev–Trinajstić information content (AvgIpc) is 3.07. The minimum Gasteiger partial charge on any atom is -0.504 e. The van der Waals surface area contributed by atoms with E-state index in [9.17, 15) is 40.2 Å². The number of aliphatic hydroxyl groups excluding tert-OH is 3.